The Morgan fingerprint density at radius 3 is 2.56 bits per heavy atom. The van der Waals surface area contributed by atoms with Gasteiger partial charge in [0.1, 0.15) is 0 Å². The molecule has 2 aliphatic rings. The number of hydrogen-bond acceptors (Lipinski definition) is 3. The average molecular weight is 244 g/mol. The van der Waals surface area contributed by atoms with Crippen LogP contribution in [-0.2, 0) is 17.9 Å². The zero-order valence-corrected chi connectivity index (χ0v) is 10.8. The van der Waals surface area contributed by atoms with Crippen molar-refractivity contribution >= 4 is 17.4 Å². The number of amides is 1. The van der Waals surface area contributed by atoms with Crippen LogP contribution in [0, 0.1) is 0 Å². The highest BCUT2D eigenvalue weighted by atomic mass is 16.2. The smallest absolute Gasteiger partial charge is 0.296 e. The molecule has 0 radical (unpaired) electrons. The minimum absolute atomic E-state index is 0.0819. The van der Waals surface area contributed by atoms with Crippen LogP contribution >= 0.6 is 0 Å². The molecule has 4 nitrogen and oxygen atoms in total. The fraction of sp³-hybridized carbons (Fsp3) is 0.429. The van der Waals surface area contributed by atoms with Crippen LogP contribution in [0.3, 0.4) is 0 Å². The van der Waals surface area contributed by atoms with Crippen LogP contribution in [0.2, 0.25) is 0 Å². The third kappa shape index (κ3) is 1.49. The standard InChI is InChI=1S/C14H16N2O2/c1-14(2,3)16-6-8-4-5-9-11(10(8)7-16)15-13(18)12(9)17/h4-5H,6-7H2,1-3H3,(H,15,17,18). The highest BCUT2D eigenvalue weighted by Gasteiger charge is 2.36. The molecule has 18 heavy (non-hydrogen) atoms. The summed E-state index contributed by atoms with van der Waals surface area (Å²) in [7, 11) is 0. The maximum atomic E-state index is 11.6. The summed E-state index contributed by atoms with van der Waals surface area (Å²) < 4.78 is 0. The SMILES string of the molecule is CC(C)(C)N1Cc2ccc3c(c2C1)NC(=O)C3=O. The van der Waals surface area contributed by atoms with E-state index in [0.29, 0.717) is 5.56 Å². The largest absolute Gasteiger partial charge is 0.318 e. The normalized spacial score (nSPS) is 18.8. The molecule has 0 atom stereocenters. The zero-order valence-electron chi connectivity index (χ0n) is 10.8. The Hall–Kier alpha value is -1.68. The molecule has 0 saturated heterocycles. The van der Waals surface area contributed by atoms with Crippen LogP contribution in [0.1, 0.15) is 42.3 Å². The zero-order chi connectivity index (χ0) is 13.1. The first kappa shape index (κ1) is 11.4. The average Bonchev–Trinajstić information content (AvgIpc) is 2.81. The molecule has 0 fully saturated rings. The van der Waals surface area contributed by atoms with Crippen LogP contribution in [0.25, 0.3) is 0 Å². The fourth-order valence-electron chi connectivity index (χ4n) is 2.57. The number of ketones is 1. The number of rotatable bonds is 0. The van der Waals surface area contributed by atoms with E-state index in [-0.39, 0.29) is 5.54 Å². The van der Waals surface area contributed by atoms with Crippen molar-refractivity contribution in [1.29, 1.82) is 0 Å². The maximum absolute atomic E-state index is 11.6. The highest BCUT2D eigenvalue weighted by molar-refractivity contribution is 6.51. The third-order valence-corrected chi connectivity index (χ3v) is 3.76. The van der Waals surface area contributed by atoms with E-state index in [0.717, 1.165) is 24.3 Å². The summed E-state index contributed by atoms with van der Waals surface area (Å²) >= 11 is 0. The number of hydrogen-bond donors (Lipinski definition) is 1. The van der Waals surface area contributed by atoms with Gasteiger partial charge in [0.2, 0.25) is 0 Å². The second kappa shape index (κ2) is 3.42. The number of carbonyl (C=O) groups is 2. The Labute approximate surface area is 106 Å². The molecule has 0 unspecified atom stereocenters. The van der Waals surface area contributed by atoms with E-state index in [4.69, 9.17) is 0 Å². The van der Waals surface area contributed by atoms with Gasteiger partial charge >= 0.3 is 0 Å². The Balaban J connectivity index is 2.05. The number of fused-ring (bicyclic) bond motifs is 3. The van der Waals surface area contributed by atoms with Gasteiger partial charge in [0, 0.05) is 18.6 Å². The van der Waals surface area contributed by atoms with Crippen LogP contribution in [0.4, 0.5) is 5.69 Å². The van der Waals surface area contributed by atoms with Crippen molar-refractivity contribution in [1.82, 2.24) is 4.90 Å². The molecule has 94 valence electrons. The second-order valence-electron chi connectivity index (χ2n) is 5.94. The molecule has 1 aromatic carbocycles. The predicted octanol–water partition coefficient (Wildman–Crippen LogP) is 1.94. The number of benzene rings is 1. The number of carbonyl (C=O) groups excluding carboxylic acids is 2. The van der Waals surface area contributed by atoms with Gasteiger partial charge in [-0.2, -0.15) is 0 Å². The van der Waals surface area contributed by atoms with Gasteiger partial charge in [-0.25, -0.2) is 0 Å². The number of anilines is 1. The van der Waals surface area contributed by atoms with E-state index in [1.807, 2.05) is 6.07 Å². The number of nitrogens with one attached hydrogen (secondary N) is 1. The van der Waals surface area contributed by atoms with Crippen molar-refractivity contribution in [2.24, 2.45) is 0 Å². The Bertz CT molecular complexity index is 570. The Kier molecular flexibility index (Phi) is 2.17. The van der Waals surface area contributed by atoms with Crippen molar-refractivity contribution < 1.29 is 9.59 Å². The molecule has 0 bridgehead atoms. The maximum Gasteiger partial charge on any atom is 0.296 e. The van der Waals surface area contributed by atoms with E-state index >= 15 is 0 Å². The van der Waals surface area contributed by atoms with Crippen LogP contribution in [-0.4, -0.2) is 22.1 Å². The van der Waals surface area contributed by atoms with Gasteiger partial charge in [-0.1, -0.05) is 6.07 Å². The van der Waals surface area contributed by atoms with Crippen molar-refractivity contribution in [2.45, 2.75) is 39.4 Å². The minimum Gasteiger partial charge on any atom is -0.318 e. The van der Waals surface area contributed by atoms with E-state index in [9.17, 15) is 9.59 Å². The summed E-state index contributed by atoms with van der Waals surface area (Å²) in [6.07, 6.45) is 0. The summed E-state index contributed by atoms with van der Waals surface area (Å²) in [5.74, 6) is -0.922. The molecule has 0 aromatic heterocycles. The molecule has 3 rings (SSSR count). The summed E-state index contributed by atoms with van der Waals surface area (Å²) in [6, 6.07) is 3.73. The quantitative estimate of drug-likeness (QED) is 0.709. The number of nitrogens with zero attached hydrogens (tertiary/aromatic N) is 1. The lowest BCUT2D eigenvalue weighted by atomic mass is 10.0. The molecule has 2 aliphatic heterocycles. The Morgan fingerprint density at radius 2 is 1.89 bits per heavy atom. The van der Waals surface area contributed by atoms with Crippen LogP contribution in [0.15, 0.2) is 12.1 Å². The molecule has 4 heteroatoms. The summed E-state index contributed by atoms with van der Waals surface area (Å²) in [6.45, 7) is 8.17. The van der Waals surface area contributed by atoms with Gasteiger partial charge in [-0.05, 0) is 38.0 Å². The molecule has 1 aromatic rings. The first-order valence-electron chi connectivity index (χ1n) is 6.13. The topological polar surface area (TPSA) is 49.4 Å². The van der Waals surface area contributed by atoms with Gasteiger partial charge in [0.05, 0.1) is 11.3 Å². The van der Waals surface area contributed by atoms with Gasteiger partial charge in [0.15, 0.2) is 0 Å². The lowest BCUT2D eigenvalue weighted by molar-refractivity contribution is -0.112. The first-order valence-corrected chi connectivity index (χ1v) is 6.13. The van der Waals surface area contributed by atoms with Crippen LogP contribution < -0.4 is 5.32 Å². The third-order valence-electron chi connectivity index (χ3n) is 3.76. The summed E-state index contributed by atoms with van der Waals surface area (Å²) in [4.78, 5) is 25.4. The predicted molar refractivity (Wildman–Crippen MR) is 68.4 cm³/mol. The second-order valence-corrected chi connectivity index (χ2v) is 5.94. The van der Waals surface area contributed by atoms with E-state index in [1.165, 1.54) is 5.56 Å². The lowest BCUT2D eigenvalue weighted by Gasteiger charge is -2.31. The highest BCUT2D eigenvalue weighted by Crippen LogP contribution is 2.37. The van der Waals surface area contributed by atoms with Crippen molar-refractivity contribution in [3.63, 3.8) is 0 Å². The van der Waals surface area contributed by atoms with Crippen molar-refractivity contribution in [3.8, 4) is 0 Å². The van der Waals surface area contributed by atoms with Crippen molar-refractivity contribution in [3.05, 3.63) is 28.8 Å². The van der Waals surface area contributed by atoms with E-state index in [1.54, 1.807) is 6.07 Å². The van der Waals surface area contributed by atoms with E-state index < -0.39 is 11.7 Å². The van der Waals surface area contributed by atoms with Crippen molar-refractivity contribution in [2.75, 3.05) is 5.32 Å². The van der Waals surface area contributed by atoms with Gasteiger partial charge in [-0.3, -0.25) is 14.5 Å². The van der Waals surface area contributed by atoms with Gasteiger partial charge in [0.25, 0.3) is 11.7 Å². The van der Waals surface area contributed by atoms with Gasteiger partial charge in [-0.15, -0.1) is 0 Å². The molecule has 0 spiro atoms. The molecular weight excluding hydrogens is 228 g/mol. The minimum atomic E-state index is -0.507. The molecule has 2 heterocycles. The molecule has 0 saturated carbocycles. The molecule has 0 aliphatic carbocycles. The Morgan fingerprint density at radius 1 is 1.17 bits per heavy atom. The monoisotopic (exact) mass is 244 g/mol. The molecular formula is C14H16N2O2. The molecule has 1 N–H and O–H groups in total. The fourth-order valence-corrected chi connectivity index (χ4v) is 2.57. The summed E-state index contributed by atoms with van der Waals surface area (Å²) in [5.41, 5.74) is 3.64. The number of Topliss-reactive ketones (excluding diaryl/α,β-unsaturated/α-hetero) is 1. The summed E-state index contributed by atoms with van der Waals surface area (Å²) in [5, 5.41) is 2.70. The van der Waals surface area contributed by atoms with E-state index in [2.05, 4.69) is 31.0 Å². The van der Waals surface area contributed by atoms with Gasteiger partial charge < -0.3 is 5.32 Å². The molecule has 1 amide bonds. The van der Waals surface area contributed by atoms with Crippen LogP contribution in [0.5, 0.6) is 0 Å². The first-order chi connectivity index (χ1) is 8.38. The lowest BCUT2D eigenvalue weighted by Crippen LogP contribution is -2.36.